The van der Waals surface area contributed by atoms with Gasteiger partial charge in [-0.05, 0) is 30.0 Å². The largest absolute Gasteiger partial charge is 0.359 e. The second-order valence-electron chi connectivity index (χ2n) is 5.70. The van der Waals surface area contributed by atoms with E-state index in [9.17, 15) is 0 Å². The third-order valence-electron chi connectivity index (χ3n) is 3.96. The lowest BCUT2D eigenvalue weighted by Gasteiger charge is -2.16. The Hall–Kier alpha value is -2.80. The van der Waals surface area contributed by atoms with Crippen molar-refractivity contribution in [2.45, 2.75) is 26.3 Å². The van der Waals surface area contributed by atoms with Crippen LogP contribution in [0.25, 0.3) is 22.3 Å². The highest BCUT2D eigenvalue weighted by Crippen LogP contribution is 2.29. The number of aromatic nitrogens is 4. The van der Waals surface area contributed by atoms with Crippen LogP contribution >= 0.6 is 11.3 Å². The maximum Gasteiger partial charge on any atom is 0.223 e. The second kappa shape index (κ2) is 6.60. The first kappa shape index (κ1) is 15.7. The van der Waals surface area contributed by atoms with Crippen molar-refractivity contribution in [3.63, 3.8) is 0 Å². The predicted octanol–water partition coefficient (Wildman–Crippen LogP) is 4.61. The maximum absolute atomic E-state index is 5.12. The molecule has 3 heterocycles. The molecule has 3 aromatic heterocycles. The molecule has 4 aromatic rings. The normalized spacial score (nSPS) is 12.4. The van der Waals surface area contributed by atoms with E-state index in [1.807, 2.05) is 41.1 Å². The van der Waals surface area contributed by atoms with E-state index in [-0.39, 0.29) is 6.04 Å². The van der Waals surface area contributed by atoms with Crippen LogP contribution in [0.4, 0.5) is 5.82 Å². The van der Waals surface area contributed by atoms with Crippen molar-refractivity contribution in [1.29, 1.82) is 0 Å². The third kappa shape index (κ3) is 3.10. The summed E-state index contributed by atoms with van der Waals surface area (Å²) in [5, 5.41) is 12.6. The molecule has 25 heavy (non-hydrogen) atoms. The van der Waals surface area contributed by atoms with E-state index in [0.29, 0.717) is 17.5 Å². The smallest absolute Gasteiger partial charge is 0.223 e. The summed E-state index contributed by atoms with van der Waals surface area (Å²) in [6, 6.07) is 9.93. The zero-order valence-electron chi connectivity index (χ0n) is 13.9. The van der Waals surface area contributed by atoms with Gasteiger partial charge in [0.2, 0.25) is 5.89 Å². The summed E-state index contributed by atoms with van der Waals surface area (Å²) in [5.74, 6) is 2.68. The average molecular weight is 351 g/mol. The van der Waals surface area contributed by atoms with Gasteiger partial charge in [0.1, 0.15) is 5.82 Å². The number of fused-ring (bicyclic) bond motifs is 1. The minimum absolute atomic E-state index is 0.0777. The molecule has 0 saturated heterocycles. The molecule has 0 aliphatic rings. The van der Waals surface area contributed by atoms with Crippen molar-refractivity contribution in [2.75, 3.05) is 5.32 Å². The van der Waals surface area contributed by atoms with Crippen LogP contribution in [0.1, 0.15) is 31.1 Å². The molecule has 0 aliphatic carbocycles. The fourth-order valence-electron chi connectivity index (χ4n) is 2.68. The van der Waals surface area contributed by atoms with Crippen molar-refractivity contribution < 1.29 is 4.52 Å². The summed E-state index contributed by atoms with van der Waals surface area (Å²) >= 11 is 1.63. The summed E-state index contributed by atoms with van der Waals surface area (Å²) in [6.45, 7) is 3.87. The monoisotopic (exact) mass is 351 g/mol. The lowest BCUT2D eigenvalue weighted by atomic mass is 10.1. The number of nitrogens with zero attached hydrogens (tertiary/aromatic N) is 4. The zero-order chi connectivity index (χ0) is 17.2. The van der Waals surface area contributed by atoms with Crippen LogP contribution in [0.3, 0.4) is 0 Å². The molecule has 0 amide bonds. The molecule has 1 aromatic carbocycles. The number of rotatable bonds is 5. The summed E-state index contributed by atoms with van der Waals surface area (Å²) in [5.41, 5.74) is 1.92. The number of aryl methyl sites for hydroxylation is 1. The molecule has 1 unspecified atom stereocenters. The third-order valence-corrected chi connectivity index (χ3v) is 4.64. The quantitative estimate of drug-likeness (QED) is 0.566. The van der Waals surface area contributed by atoms with Gasteiger partial charge in [-0.25, -0.2) is 9.97 Å². The van der Waals surface area contributed by atoms with Crippen molar-refractivity contribution in [3.8, 4) is 11.4 Å². The van der Waals surface area contributed by atoms with Crippen LogP contribution in [0.5, 0.6) is 0 Å². The molecule has 1 atom stereocenters. The minimum atomic E-state index is -0.0777. The molecule has 0 saturated carbocycles. The number of hydrogen-bond acceptors (Lipinski definition) is 7. The summed E-state index contributed by atoms with van der Waals surface area (Å²) in [7, 11) is 0. The number of thiophene rings is 1. The molecule has 0 radical (unpaired) electrons. The molecule has 126 valence electrons. The standard InChI is InChI=1S/C18H17N5OS/c1-3-14(18-19-11(2)24-23-18)20-17-13-6-4-5-7-15(13)21-16(22-17)12-8-9-25-10-12/h4-10,14H,3H2,1-2H3,(H,20,21,22). The number of para-hydroxylation sites is 1. The van der Waals surface area contributed by atoms with Crippen LogP contribution in [0.15, 0.2) is 45.6 Å². The fraction of sp³-hybridized carbons (Fsp3) is 0.222. The van der Waals surface area contributed by atoms with E-state index in [0.717, 1.165) is 28.7 Å². The van der Waals surface area contributed by atoms with Crippen LogP contribution in [0.2, 0.25) is 0 Å². The summed E-state index contributed by atoms with van der Waals surface area (Å²) < 4.78 is 5.12. The molecule has 6 nitrogen and oxygen atoms in total. The van der Waals surface area contributed by atoms with E-state index in [4.69, 9.17) is 14.5 Å². The van der Waals surface area contributed by atoms with Crippen LogP contribution in [-0.2, 0) is 0 Å². The van der Waals surface area contributed by atoms with Gasteiger partial charge < -0.3 is 9.84 Å². The van der Waals surface area contributed by atoms with Gasteiger partial charge in [-0.15, -0.1) is 0 Å². The number of hydrogen-bond donors (Lipinski definition) is 1. The van der Waals surface area contributed by atoms with Gasteiger partial charge in [0, 0.05) is 23.3 Å². The highest BCUT2D eigenvalue weighted by Gasteiger charge is 2.18. The molecule has 4 rings (SSSR count). The molecule has 0 fully saturated rings. The molecule has 0 bridgehead atoms. The van der Waals surface area contributed by atoms with E-state index >= 15 is 0 Å². The molecule has 1 N–H and O–H groups in total. The van der Waals surface area contributed by atoms with Gasteiger partial charge in [-0.2, -0.15) is 16.3 Å². The number of anilines is 1. The van der Waals surface area contributed by atoms with E-state index in [1.54, 1.807) is 18.3 Å². The van der Waals surface area contributed by atoms with Crippen molar-refractivity contribution in [3.05, 3.63) is 52.8 Å². The van der Waals surface area contributed by atoms with Crippen LogP contribution in [-0.4, -0.2) is 20.1 Å². The highest BCUT2D eigenvalue weighted by molar-refractivity contribution is 7.08. The Morgan fingerprint density at radius 3 is 2.76 bits per heavy atom. The molecule has 7 heteroatoms. The summed E-state index contributed by atoms with van der Waals surface area (Å²) in [4.78, 5) is 13.8. The van der Waals surface area contributed by atoms with Crippen molar-refractivity contribution >= 4 is 28.1 Å². The van der Waals surface area contributed by atoms with Gasteiger partial charge in [0.05, 0.1) is 11.6 Å². The lowest BCUT2D eigenvalue weighted by Crippen LogP contribution is -2.13. The van der Waals surface area contributed by atoms with Gasteiger partial charge in [0.15, 0.2) is 11.6 Å². The Balaban J connectivity index is 1.79. The molecular weight excluding hydrogens is 334 g/mol. The molecular formula is C18H17N5OS. The van der Waals surface area contributed by atoms with E-state index in [1.165, 1.54) is 0 Å². The van der Waals surface area contributed by atoms with Gasteiger partial charge >= 0.3 is 0 Å². The first-order valence-corrected chi connectivity index (χ1v) is 9.05. The Bertz CT molecular complexity index is 996. The first-order chi connectivity index (χ1) is 12.2. The second-order valence-corrected chi connectivity index (χ2v) is 6.48. The van der Waals surface area contributed by atoms with Crippen molar-refractivity contribution in [2.24, 2.45) is 0 Å². The minimum Gasteiger partial charge on any atom is -0.359 e. The van der Waals surface area contributed by atoms with Gasteiger partial charge in [-0.3, -0.25) is 0 Å². The Morgan fingerprint density at radius 2 is 2.04 bits per heavy atom. The Morgan fingerprint density at radius 1 is 1.16 bits per heavy atom. The summed E-state index contributed by atoms with van der Waals surface area (Å²) in [6.07, 6.45) is 0.811. The number of nitrogens with one attached hydrogen (secondary N) is 1. The Labute approximate surface area is 149 Å². The number of benzene rings is 1. The molecule has 0 spiro atoms. The predicted molar refractivity (Wildman–Crippen MR) is 98.5 cm³/mol. The topological polar surface area (TPSA) is 76.7 Å². The fourth-order valence-corrected chi connectivity index (χ4v) is 3.31. The maximum atomic E-state index is 5.12. The van der Waals surface area contributed by atoms with Gasteiger partial charge in [-0.1, -0.05) is 24.2 Å². The lowest BCUT2D eigenvalue weighted by molar-refractivity contribution is 0.384. The van der Waals surface area contributed by atoms with Gasteiger partial charge in [0.25, 0.3) is 0 Å². The van der Waals surface area contributed by atoms with Crippen molar-refractivity contribution in [1.82, 2.24) is 20.1 Å². The van der Waals surface area contributed by atoms with Crippen LogP contribution < -0.4 is 5.32 Å². The first-order valence-electron chi connectivity index (χ1n) is 8.10. The van der Waals surface area contributed by atoms with E-state index in [2.05, 4.69) is 22.4 Å². The average Bonchev–Trinajstić information content (AvgIpc) is 3.31. The van der Waals surface area contributed by atoms with E-state index < -0.39 is 0 Å². The Kier molecular flexibility index (Phi) is 4.15. The highest BCUT2D eigenvalue weighted by atomic mass is 32.1. The molecule has 0 aliphatic heterocycles. The SMILES string of the molecule is CCC(Nc1nc(-c2ccsc2)nc2ccccc12)c1noc(C)n1. The van der Waals surface area contributed by atoms with Crippen LogP contribution in [0, 0.1) is 6.92 Å². The zero-order valence-corrected chi connectivity index (χ0v) is 14.7.